The molecule has 0 aliphatic carbocycles. The van der Waals surface area contributed by atoms with Gasteiger partial charge < -0.3 is 9.84 Å². The van der Waals surface area contributed by atoms with Crippen LogP contribution in [0.25, 0.3) is 0 Å². The Labute approximate surface area is 124 Å². The maximum Gasteiger partial charge on any atom is 0.347 e. The number of halogens is 1. The molecule has 0 spiro atoms. The van der Waals surface area contributed by atoms with Gasteiger partial charge in [0, 0.05) is 3.57 Å². The van der Waals surface area contributed by atoms with Crippen LogP contribution in [0.15, 0.2) is 24.4 Å². The Hall–Kier alpha value is -1.75. The summed E-state index contributed by atoms with van der Waals surface area (Å²) in [6, 6.07) is 4.60. The number of aromatic carboxylic acids is 1. The predicted molar refractivity (Wildman–Crippen MR) is 75.0 cm³/mol. The molecule has 1 aromatic heterocycles. The average Bonchev–Trinajstić information content (AvgIpc) is 2.80. The molecule has 0 fully saturated rings. The number of benzene rings is 1. The zero-order valence-corrected chi connectivity index (χ0v) is 12.0. The number of carbonyl (C=O) groups is 1. The predicted octanol–water partition coefficient (Wildman–Crippen LogP) is 3.15. The van der Waals surface area contributed by atoms with Crippen LogP contribution in [0.4, 0.5) is 5.00 Å². The number of ether oxygens (including phenoxy) is 1. The summed E-state index contributed by atoms with van der Waals surface area (Å²) in [5.41, 5.74) is -0.0234. The number of thiazole rings is 1. The summed E-state index contributed by atoms with van der Waals surface area (Å²) in [4.78, 5) is 24.7. The molecule has 1 heterocycles. The maximum absolute atomic E-state index is 11.1. The number of rotatable bonds is 4. The molecule has 0 aliphatic rings. The van der Waals surface area contributed by atoms with Crippen molar-refractivity contribution in [2.24, 2.45) is 0 Å². The van der Waals surface area contributed by atoms with Gasteiger partial charge >= 0.3 is 11.0 Å². The molecule has 19 heavy (non-hydrogen) atoms. The van der Waals surface area contributed by atoms with Crippen molar-refractivity contribution in [2.75, 3.05) is 0 Å². The average molecular weight is 392 g/mol. The van der Waals surface area contributed by atoms with E-state index in [-0.39, 0.29) is 21.5 Å². The van der Waals surface area contributed by atoms with E-state index in [1.807, 2.05) is 22.6 Å². The van der Waals surface area contributed by atoms with Gasteiger partial charge in [0.25, 0.3) is 5.19 Å². The fraction of sp³-hybridized carbons (Fsp3) is 0. The van der Waals surface area contributed by atoms with Crippen LogP contribution < -0.4 is 4.74 Å². The highest BCUT2D eigenvalue weighted by atomic mass is 127. The van der Waals surface area contributed by atoms with E-state index in [1.54, 1.807) is 6.07 Å². The van der Waals surface area contributed by atoms with Crippen molar-refractivity contribution >= 4 is 44.9 Å². The Bertz CT molecular complexity index is 657. The lowest BCUT2D eigenvalue weighted by atomic mass is 10.2. The molecule has 2 rings (SSSR count). The van der Waals surface area contributed by atoms with Crippen molar-refractivity contribution in [1.29, 1.82) is 0 Å². The van der Waals surface area contributed by atoms with Crippen LogP contribution in [0.5, 0.6) is 10.9 Å². The van der Waals surface area contributed by atoms with Crippen LogP contribution in [-0.2, 0) is 0 Å². The topological polar surface area (TPSA) is 103 Å². The standard InChI is InChI=1S/C10H5IN2O5S/c11-5-1-2-7(6(3-5)9(14)15)18-10-12-4-8(19-10)13(16)17/h1-4H,(H,14,15). The minimum absolute atomic E-state index is 0.0234. The molecule has 2 aromatic rings. The molecule has 0 saturated carbocycles. The van der Waals surface area contributed by atoms with E-state index in [2.05, 4.69) is 4.98 Å². The molecule has 0 amide bonds. The molecule has 9 heteroatoms. The summed E-state index contributed by atoms with van der Waals surface area (Å²) >= 11 is 2.71. The smallest absolute Gasteiger partial charge is 0.347 e. The highest BCUT2D eigenvalue weighted by Crippen LogP contribution is 2.32. The summed E-state index contributed by atoms with van der Waals surface area (Å²) in [5.74, 6) is -1.04. The first kappa shape index (κ1) is 13.7. The molecule has 0 bridgehead atoms. The van der Waals surface area contributed by atoms with E-state index in [4.69, 9.17) is 9.84 Å². The second kappa shape index (κ2) is 5.48. The Balaban J connectivity index is 2.32. The molecule has 98 valence electrons. The summed E-state index contributed by atoms with van der Waals surface area (Å²) in [6.07, 6.45) is 1.06. The molecular formula is C10H5IN2O5S. The highest BCUT2D eigenvalue weighted by Gasteiger charge is 2.17. The maximum atomic E-state index is 11.1. The zero-order chi connectivity index (χ0) is 14.0. The molecule has 0 radical (unpaired) electrons. The van der Waals surface area contributed by atoms with Crippen LogP contribution >= 0.6 is 33.9 Å². The minimum Gasteiger partial charge on any atom is -0.478 e. The summed E-state index contributed by atoms with van der Waals surface area (Å²) < 4.78 is 6.02. The molecule has 0 unspecified atom stereocenters. The Morgan fingerprint density at radius 1 is 1.53 bits per heavy atom. The largest absolute Gasteiger partial charge is 0.478 e. The van der Waals surface area contributed by atoms with Gasteiger partial charge in [-0.1, -0.05) is 0 Å². The Morgan fingerprint density at radius 2 is 2.26 bits per heavy atom. The molecule has 0 aliphatic heterocycles. The highest BCUT2D eigenvalue weighted by molar-refractivity contribution is 14.1. The zero-order valence-electron chi connectivity index (χ0n) is 9.07. The Kier molecular flexibility index (Phi) is 3.95. The van der Waals surface area contributed by atoms with Gasteiger partial charge in [-0.3, -0.25) is 10.1 Å². The number of nitro groups is 1. The molecule has 0 atom stereocenters. The van der Waals surface area contributed by atoms with E-state index in [0.29, 0.717) is 0 Å². The number of carboxylic acids is 1. The fourth-order valence-electron chi connectivity index (χ4n) is 1.23. The summed E-state index contributed by atoms with van der Waals surface area (Å²) in [6.45, 7) is 0. The van der Waals surface area contributed by atoms with Crippen LogP contribution in [0.1, 0.15) is 10.4 Å². The first-order valence-electron chi connectivity index (χ1n) is 4.78. The number of hydrogen-bond acceptors (Lipinski definition) is 6. The quantitative estimate of drug-likeness (QED) is 0.487. The number of aromatic nitrogens is 1. The van der Waals surface area contributed by atoms with Crippen molar-refractivity contribution < 1.29 is 19.6 Å². The molecule has 1 aromatic carbocycles. The van der Waals surface area contributed by atoms with Crippen LogP contribution in [0, 0.1) is 13.7 Å². The van der Waals surface area contributed by atoms with Gasteiger partial charge in [-0.05, 0) is 52.1 Å². The van der Waals surface area contributed by atoms with Crippen molar-refractivity contribution in [2.45, 2.75) is 0 Å². The van der Waals surface area contributed by atoms with Crippen molar-refractivity contribution in [1.82, 2.24) is 4.98 Å². The van der Waals surface area contributed by atoms with Gasteiger partial charge in [0.15, 0.2) is 0 Å². The molecule has 0 saturated heterocycles. The van der Waals surface area contributed by atoms with Gasteiger partial charge in [-0.2, -0.15) is 0 Å². The van der Waals surface area contributed by atoms with Crippen LogP contribution in [0.3, 0.4) is 0 Å². The van der Waals surface area contributed by atoms with Crippen molar-refractivity contribution in [3.63, 3.8) is 0 Å². The molecule has 7 nitrogen and oxygen atoms in total. The lowest BCUT2D eigenvalue weighted by Gasteiger charge is -2.05. The second-order valence-electron chi connectivity index (χ2n) is 3.27. The van der Waals surface area contributed by atoms with Crippen LogP contribution in [-0.4, -0.2) is 21.0 Å². The SMILES string of the molecule is O=C(O)c1cc(I)ccc1Oc1ncc([N+](=O)[O-])s1. The third-order valence-electron chi connectivity index (χ3n) is 2.02. The third kappa shape index (κ3) is 3.17. The van der Waals surface area contributed by atoms with Crippen molar-refractivity contribution in [3.05, 3.63) is 43.6 Å². The van der Waals surface area contributed by atoms with E-state index in [0.717, 1.165) is 21.1 Å². The molecule has 1 N–H and O–H groups in total. The van der Waals surface area contributed by atoms with Gasteiger partial charge in [-0.15, -0.1) is 0 Å². The monoisotopic (exact) mass is 392 g/mol. The normalized spacial score (nSPS) is 10.2. The summed E-state index contributed by atoms with van der Waals surface area (Å²) in [5, 5.41) is 19.4. The van der Waals surface area contributed by atoms with Gasteiger partial charge in [0.05, 0.1) is 4.92 Å². The number of hydrogen-bond donors (Lipinski definition) is 1. The second-order valence-corrected chi connectivity index (χ2v) is 5.49. The summed E-state index contributed by atoms with van der Waals surface area (Å²) in [7, 11) is 0. The van der Waals surface area contributed by atoms with E-state index < -0.39 is 10.9 Å². The van der Waals surface area contributed by atoms with E-state index in [9.17, 15) is 14.9 Å². The first-order chi connectivity index (χ1) is 8.97. The van der Waals surface area contributed by atoms with Crippen molar-refractivity contribution in [3.8, 4) is 10.9 Å². The van der Waals surface area contributed by atoms with E-state index in [1.165, 1.54) is 12.1 Å². The van der Waals surface area contributed by atoms with E-state index >= 15 is 0 Å². The van der Waals surface area contributed by atoms with Crippen LogP contribution in [0.2, 0.25) is 0 Å². The Morgan fingerprint density at radius 3 is 2.84 bits per heavy atom. The molecular weight excluding hydrogens is 387 g/mol. The minimum atomic E-state index is -1.14. The number of nitrogens with zero attached hydrogens (tertiary/aromatic N) is 2. The lowest BCUT2D eigenvalue weighted by Crippen LogP contribution is -2.00. The first-order valence-corrected chi connectivity index (χ1v) is 6.68. The van der Waals surface area contributed by atoms with Gasteiger partial charge in [0.2, 0.25) is 0 Å². The lowest BCUT2D eigenvalue weighted by molar-refractivity contribution is -0.380. The van der Waals surface area contributed by atoms with Gasteiger partial charge in [0.1, 0.15) is 17.5 Å². The van der Waals surface area contributed by atoms with Gasteiger partial charge in [-0.25, -0.2) is 9.78 Å². The third-order valence-corrected chi connectivity index (χ3v) is 3.52. The number of carboxylic acid groups (broad SMARTS) is 1. The fourth-order valence-corrected chi connectivity index (χ4v) is 2.32.